The Labute approximate surface area is 153 Å². The van der Waals surface area contributed by atoms with Crippen LogP contribution in [-0.2, 0) is 0 Å². The predicted molar refractivity (Wildman–Crippen MR) is 107 cm³/mol. The van der Waals surface area contributed by atoms with Gasteiger partial charge in [-0.1, -0.05) is 24.3 Å². The zero-order chi connectivity index (χ0) is 18.0. The lowest BCUT2D eigenvalue weighted by atomic mass is 10.1. The fraction of sp³-hybridized carbons (Fsp3) is 0. The van der Waals surface area contributed by atoms with Gasteiger partial charge in [-0.3, -0.25) is 0 Å². The van der Waals surface area contributed by atoms with Crippen molar-refractivity contribution in [2.24, 2.45) is 0 Å². The minimum Gasteiger partial charge on any atom is -0.537 e. The van der Waals surface area contributed by atoms with E-state index in [2.05, 4.69) is 30.3 Å². The molecular formula is C22H12BO4. The van der Waals surface area contributed by atoms with Crippen molar-refractivity contribution in [3.63, 3.8) is 0 Å². The summed E-state index contributed by atoms with van der Waals surface area (Å²) in [7, 11) is 0.672. The van der Waals surface area contributed by atoms with Crippen molar-refractivity contribution < 1.29 is 18.5 Å². The van der Waals surface area contributed by atoms with Gasteiger partial charge in [0.25, 0.3) is 0 Å². The third-order valence-electron chi connectivity index (χ3n) is 5.10. The van der Waals surface area contributed by atoms with Crippen LogP contribution in [0.3, 0.4) is 0 Å². The van der Waals surface area contributed by atoms with Gasteiger partial charge >= 0.3 is 7.69 Å². The molecule has 6 aromatic rings. The van der Waals surface area contributed by atoms with Gasteiger partial charge in [-0.15, -0.1) is 0 Å². The maximum Gasteiger partial charge on any atom is 0.569 e. The summed E-state index contributed by atoms with van der Waals surface area (Å²) in [5, 5.41) is 15.2. The van der Waals surface area contributed by atoms with Gasteiger partial charge in [-0.2, -0.15) is 0 Å². The van der Waals surface area contributed by atoms with Gasteiger partial charge < -0.3 is 18.5 Å². The first-order valence-electron chi connectivity index (χ1n) is 8.65. The molecule has 2 heterocycles. The van der Waals surface area contributed by atoms with Gasteiger partial charge in [0.2, 0.25) is 0 Å². The van der Waals surface area contributed by atoms with Crippen LogP contribution in [-0.4, -0.2) is 12.7 Å². The minimum atomic E-state index is 0.545. The molecule has 0 fully saturated rings. The fourth-order valence-electron chi connectivity index (χ4n) is 3.87. The lowest BCUT2D eigenvalue weighted by Gasteiger charge is -1.99. The van der Waals surface area contributed by atoms with Crippen LogP contribution in [0.2, 0.25) is 0 Å². The molecule has 127 valence electrons. The molecule has 6 rings (SSSR count). The van der Waals surface area contributed by atoms with Crippen LogP contribution >= 0.6 is 0 Å². The molecule has 1 N–H and O–H groups in total. The van der Waals surface area contributed by atoms with Crippen molar-refractivity contribution in [1.29, 1.82) is 0 Å². The lowest BCUT2D eigenvalue weighted by molar-refractivity contribution is 0.454. The van der Waals surface area contributed by atoms with Crippen molar-refractivity contribution in [2.45, 2.75) is 0 Å². The van der Waals surface area contributed by atoms with E-state index in [1.807, 2.05) is 30.3 Å². The molecule has 0 aliphatic heterocycles. The number of fused-ring (bicyclic) bond motifs is 8. The molecule has 0 amide bonds. The van der Waals surface area contributed by atoms with Crippen molar-refractivity contribution in [2.75, 3.05) is 0 Å². The summed E-state index contributed by atoms with van der Waals surface area (Å²) >= 11 is 0. The monoisotopic (exact) mass is 351 g/mol. The van der Waals surface area contributed by atoms with Crippen molar-refractivity contribution >= 4 is 62.3 Å². The third kappa shape index (κ3) is 2.03. The van der Waals surface area contributed by atoms with Gasteiger partial charge in [0.05, 0.1) is 0 Å². The molecule has 0 aliphatic rings. The molecule has 1 radical (unpaired) electrons. The summed E-state index contributed by atoms with van der Waals surface area (Å²) in [6.07, 6.45) is 0. The smallest absolute Gasteiger partial charge is 0.537 e. The molecule has 5 heteroatoms. The molecule has 0 saturated heterocycles. The second-order valence-electron chi connectivity index (χ2n) is 6.60. The van der Waals surface area contributed by atoms with Gasteiger partial charge in [0.15, 0.2) is 11.2 Å². The molecule has 0 unspecified atom stereocenters. The van der Waals surface area contributed by atoms with Crippen LogP contribution in [0.5, 0.6) is 5.75 Å². The largest absolute Gasteiger partial charge is 0.569 e. The van der Waals surface area contributed by atoms with E-state index in [-0.39, 0.29) is 0 Å². The van der Waals surface area contributed by atoms with E-state index in [0.717, 1.165) is 43.7 Å². The van der Waals surface area contributed by atoms with E-state index in [4.69, 9.17) is 18.5 Å². The Balaban J connectivity index is 1.72. The van der Waals surface area contributed by atoms with Crippen LogP contribution in [0.25, 0.3) is 54.6 Å². The number of hydrogen-bond acceptors (Lipinski definition) is 4. The van der Waals surface area contributed by atoms with Crippen molar-refractivity contribution in [3.05, 3.63) is 66.7 Å². The van der Waals surface area contributed by atoms with Crippen LogP contribution in [0, 0.1) is 0 Å². The number of furan rings is 2. The molecule has 0 bridgehead atoms. The van der Waals surface area contributed by atoms with E-state index in [1.54, 1.807) is 6.07 Å². The zero-order valence-electron chi connectivity index (χ0n) is 14.1. The van der Waals surface area contributed by atoms with Gasteiger partial charge in [-0.25, -0.2) is 0 Å². The quantitative estimate of drug-likeness (QED) is 0.416. The molecule has 4 nitrogen and oxygen atoms in total. The zero-order valence-corrected chi connectivity index (χ0v) is 14.1. The molecule has 0 atom stereocenters. The first-order valence-corrected chi connectivity index (χ1v) is 8.65. The Morgan fingerprint density at radius 2 is 1.33 bits per heavy atom. The number of rotatable bonds is 2. The van der Waals surface area contributed by atoms with Crippen molar-refractivity contribution in [1.82, 2.24) is 0 Å². The second-order valence-corrected chi connectivity index (χ2v) is 6.60. The third-order valence-corrected chi connectivity index (χ3v) is 5.10. The molecule has 2 aromatic heterocycles. The Morgan fingerprint density at radius 3 is 2.07 bits per heavy atom. The van der Waals surface area contributed by atoms with Crippen LogP contribution in [0.4, 0.5) is 0 Å². The highest BCUT2D eigenvalue weighted by atomic mass is 16.5. The number of hydrogen-bond donors (Lipinski definition) is 1. The predicted octanol–water partition coefficient (Wildman–Crippen LogP) is 5.54. The lowest BCUT2D eigenvalue weighted by Crippen LogP contribution is -1.98. The molecular weight excluding hydrogens is 339 g/mol. The Bertz CT molecular complexity index is 1490. The standard InChI is InChI=1S/C22H12BO4/c24-23-27-14-5-8-19-18(11-14)16-7-6-15-17-9-12-3-1-2-4-13(12)10-20(17)26-22(15)21(16)25-19/h1-11,24H. The summed E-state index contributed by atoms with van der Waals surface area (Å²) in [5.41, 5.74) is 3.04. The van der Waals surface area contributed by atoms with Gasteiger partial charge in [0.1, 0.15) is 16.9 Å². The molecule has 4 aromatic carbocycles. The maximum atomic E-state index is 8.87. The molecule has 0 saturated carbocycles. The summed E-state index contributed by atoms with van der Waals surface area (Å²) in [6.45, 7) is 0. The summed E-state index contributed by atoms with van der Waals surface area (Å²) in [4.78, 5) is 0. The average Bonchev–Trinajstić information content (AvgIpc) is 3.24. The Morgan fingerprint density at radius 1 is 0.667 bits per heavy atom. The van der Waals surface area contributed by atoms with Crippen molar-refractivity contribution in [3.8, 4) is 5.75 Å². The van der Waals surface area contributed by atoms with Gasteiger partial charge in [-0.05, 0) is 53.2 Å². The van der Waals surface area contributed by atoms with Crippen LogP contribution < -0.4 is 4.65 Å². The molecule has 27 heavy (non-hydrogen) atoms. The first-order chi connectivity index (χ1) is 13.3. The Kier molecular flexibility index (Phi) is 2.88. The van der Waals surface area contributed by atoms with Crippen LogP contribution in [0.15, 0.2) is 75.6 Å². The summed E-state index contributed by atoms with van der Waals surface area (Å²) in [6, 6.07) is 22.0. The van der Waals surface area contributed by atoms with E-state index in [9.17, 15) is 0 Å². The van der Waals surface area contributed by atoms with E-state index >= 15 is 0 Å². The molecule has 0 spiro atoms. The van der Waals surface area contributed by atoms with Gasteiger partial charge in [0, 0.05) is 21.5 Å². The fourth-order valence-corrected chi connectivity index (χ4v) is 3.87. The normalized spacial score (nSPS) is 11.9. The topological polar surface area (TPSA) is 55.7 Å². The van der Waals surface area contributed by atoms with E-state index in [1.165, 1.54) is 5.39 Å². The highest BCUT2D eigenvalue weighted by molar-refractivity contribution is 6.20. The van der Waals surface area contributed by atoms with E-state index < -0.39 is 0 Å². The van der Waals surface area contributed by atoms with E-state index in [0.29, 0.717) is 19.0 Å². The average molecular weight is 351 g/mol. The molecule has 0 aliphatic carbocycles. The Hall–Kier alpha value is -3.44. The summed E-state index contributed by atoms with van der Waals surface area (Å²) < 4.78 is 17.4. The second kappa shape index (κ2) is 5.28. The summed E-state index contributed by atoms with van der Waals surface area (Å²) in [5.74, 6) is 0.545. The maximum absolute atomic E-state index is 8.87. The number of benzene rings is 4. The first kappa shape index (κ1) is 14.7. The minimum absolute atomic E-state index is 0.545. The SMILES string of the molecule is O[B]Oc1ccc2oc3c(ccc4c5cc6ccccc6cc5oc43)c2c1. The highest BCUT2D eigenvalue weighted by Crippen LogP contribution is 2.40. The highest BCUT2D eigenvalue weighted by Gasteiger charge is 2.16. The van der Waals surface area contributed by atoms with Crippen LogP contribution in [0.1, 0.15) is 0 Å².